The van der Waals surface area contributed by atoms with Gasteiger partial charge in [-0.25, -0.2) is 4.79 Å². The molecular formula is C17H15ClO3. The van der Waals surface area contributed by atoms with Crippen LogP contribution in [0, 0.1) is 0 Å². The van der Waals surface area contributed by atoms with Gasteiger partial charge >= 0.3 is 5.97 Å². The highest BCUT2D eigenvalue weighted by Crippen LogP contribution is 2.16. The van der Waals surface area contributed by atoms with E-state index in [1.165, 1.54) is 6.08 Å². The van der Waals surface area contributed by atoms with Crippen LogP contribution in [0.3, 0.4) is 0 Å². The molecule has 0 unspecified atom stereocenters. The molecule has 0 spiro atoms. The molecule has 0 fully saturated rings. The van der Waals surface area contributed by atoms with Crippen molar-refractivity contribution in [2.24, 2.45) is 0 Å². The van der Waals surface area contributed by atoms with E-state index in [1.54, 1.807) is 12.1 Å². The summed E-state index contributed by atoms with van der Waals surface area (Å²) in [7, 11) is 0. The van der Waals surface area contributed by atoms with Crippen LogP contribution in [0.1, 0.15) is 5.56 Å². The molecule has 0 amide bonds. The summed E-state index contributed by atoms with van der Waals surface area (Å²) < 4.78 is 10.4. The van der Waals surface area contributed by atoms with Crippen LogP contribution in [0.4, 0.5) is 0 Å². The molecule has 0 radical (unpaired) electrons. The minimum absolute atomic E-state index is 0.195. The van der Waals surface area contributed by atoms with Gasteiger partial charge in [0.1, 0.15) is 19.0 Å². The van der Waals surface area contributed by atoms with Crippen molar-refractivity contribution in [1.29, 1.82) is 0 Å². The lowest BCUT2D eigenvalue weighted by atomic mass is 10.2. The van der Waals surface area contributed by atoms with E-state index in [1.807, 2.05) is 48.5 Å². The van der Waals surface area contributed by atoms with E-state index >= 15 is 0 Å². The largest absolute Gasteiger partial charge is 0.490 e. The Balaban J connectivity index is 1.72. The number of benzene rings is 2. The van der Waals surface area contributed by atoms with Gasteiger partial charge in [-0.3, -0.25) is 0 Å². The molecule has 0 aliphatic rings. The Morgan fingerprint density at radius 2 is 1.71 bits per heavy atom. The molecule has 21 heavy (non-hydrogen) atoms. The normalized spacial score (nSPS) is 10.5. The number of carbonyl (C=O) groups excluding carboxylic acids is 1. The molecule has 4 heteroatoms. The first-order valence-electron chi connectivity index (χ1n) is 6.53. The number of hydrogen-bond acceptors (Lipinski definition) is 3. The lowest BCUT2D eigenvalue weighted by molar-refractivity contribution is -0.138. The monoisotopic (exact) mass is 302 g/mol. The van der Waals surface area contributed by atoms with Crippen LogP contribution in [0.15, 0.2) is 60.7 Å². The molecule has 0 atom stereocenters. The maximum atomic E-state index is 11.5. The summed E-state index contributed by atoms with van der Waals surface area (Å²) in [6.45, 7) is 0.510. The summed E-state index contributed by atoms with van der Waals surface area (Å²) in [5.41, 5.74) is 0.775. The Bertz CT molecular complexity index is 608. The second-order valence-corrected chi connectivity index (χ2v) is 4.59. The Morgan fingerprint density at radius 3 is 2.48 bits per heavy atom. The molecule has 0 aliphatic carbocycles. The van der Waals surface area contributed by atoms with Gasteiger partial charge in [-0.1, -0.05) is 48.0 Å². The standard InChI is InChI=1S/C17H15ClO3/c18-16-9-5-4-6-14(16)10-11-17(19)21-13-12-20-15-7-2-1-3-8-15/h1-11H,12-13H2/b11-10+. The van der Waals surface area contributed by atoms with Crippen molar-refractivity contribution in [2.75, 3.05) is 13.2 Å². The molecule has 0 heterocycles. The number of halogens is 1. The first kappa shape index (κ1) is 15.1. The van der Waals surface area contributed by atoms with Gasteiger partial charge in [0.15, 0.2) is 0 Å². The number of carbonyl (C=O) groups is 1. The van der Waals surface area contributed by atoms with E-state index in [0.29, 0.717) is 11.6 Å². The number of para-hydroxylation sites is 1. The first-order valence-corrected chi connectivity index (χ1v) is 6.91. The summed E-state index contributed by atoms with van der Waals surface area (Å²) in [6.07, 6.45) is 2.98. The summed E-state index contributed by atoms with van der Waals surface area (Å²) in [5, 5.41) is 0.592. The molecule has 0 aliphatic heterocycles. The first-order chi connectivity index (χ1) is 10.3. The highest BCUT2D eigenvalue weighted by atomic mass is 35.5. The van der Waals surface area contributed by atoms with Gasteiger partial charge in [0.05, 0.1) is 0 Å². The van der Waals surface area contributed by atoms with Gasteiger partial charge in [-0.2, -0.15) is 0 Å². The molecule has 0 aromatic heterocycles. The molecule has 0 saturated heterocycles. The maximum Gasteiger partial charge on any atom is 0.330 e. The van der Waals surface area contributed by atoms with Crippen molar-refractivity contribution >= 4 is 23.6 Å². The molecule has 0 saturated carbocycles. The summed E-state index contributed by atoms with van der Waals surface area (Å²) >= 11 is 5.98. The van der Waals surface area contributed by atoms with Crippen LogP contribution in [0.2, 0.25) is 5.02 Å². The van der Waals surface area contributed by atoms with Crippen molar-refractivity contribution in [3.05, 3.63) is 71.3 Å². The third kappa shape index (κ3) is 5.32. The van der Waals surface area contributed by atoms with Crippen LogP contribution < -0.4 is 4.74 Å². The Morgan fingerprint density at radius 1 is 1.00 bits per heavy atom. The van der Waals surface area contributed by atoms with E-state index in [2.05, 4.69) is 0 Å². The van der Waals surface area contributed by atoms with E-state index in [4.69, 9.17) is 21.1 Å². The van der Waals surface area contributed by atoms with Crippen molar-refractivity contribution in [3.8, 4) is 5.75 Å². The molecule has 0 N–H and O–H groups in total. The summed E-state index contributed by atoms with van der Waals surface area (Å²) in [6, 6.07) is 16.6. The van der Waals surface area contributed by atoms with Crippen LogP contribution in [0.5, 0.6) is 5.75 Å². The molecular weight excluding hydrogens is 288 g/mol. The fraction of sp³-hybridized carbons (Fsp3) is 0.118. The average Bonchev–Trinajstić information content (AvgIpc) is 2.52. The van der Waals surface area contributed by atoms with Gasteiger partial charge in [-0.15, -0.1) is 0 Å². The number of rotatable bonds is 6. The molecule has 2 aromatic rings. The van der Waals surface area contributed by atoms with Crippen LogP contribution in [0.25, 0.3) is 6.08 Å². The molecule has 108 valence electrons. The third-order valence-corrected chi connectivity index (χ3v) is 2.99. The zero-order chi connectivity index (χ0) is 14.9. The minimum atomic E-state index is -0.424. The molecule has 2 aromatic carbocycles. The molecule has 3 nitrogen and oxygen atoms in total. The smallest absolute Gasteiger partial charge is 0.330 e. The van der Waals surface area contributed by atoms with Crippen LogP contribution >= 0.6 is 11.6 Å². The van der Waals surface area contributed by atoms with Gasteiger partial charge < -0.3 is 9.47 Å². The molecule has 0 bridgehead atoms. The highest BCUT2D eigenvalue weighted by Gasteiger charge is 1.99. The molecule has 2 rings (SSSR count). The van der Waals surface area contributed by atoms with Gasteiger partial charge in [0, 0.05) is 11.1 Å². The average molecular weight is 303 g/mol. The predicted octanol–water partition coefficient (Wildman–Crippen LogP) is 3.98. The summed E-state index contributed by atoms with van der Waals surface area (Å²) in [5.74, 6) is 0.326. The van der Waals surface area contributed by atoms with E-state index < -0.39 is 5.97 Å². The number of ether oxygens (including phenoxy) is 2. The number of hydrogen-bond donors (Lipinski definition) is 0. The Kier molecular flexibility index (Phi) is 5.85. The zero-order valence-corrected chi connectivity index (χ0v) is 12.1. The maximum absolute atomic E-state index is 11.5. The van der Waals surface area contributed by atoms with Gasteiger partial charge in [0.2, 0.25) is 0 Å². The van der Waals surface area contributed by atoms with E-state index in [9.17, 15) is 4.79 Å². The van der Waals surface area contributed by atoms with Crippen molar-refractivity contribution in [1.82, 2.24) is 0 Å². The van der Waals surface area contributed by atoms with Crippen molar-refractivity contribution in [3.63, 3.8) is 0 Å². The highest BCUT2D eigenvalue weighted by molar-refractivity contribution is 6.32. The second-order valence-electron chi connectivity index (χ2n) is 4.18. The zero-order valence-electron chi connectivity index (χ0n) is 11.4. The van der Waals surface area contributed by atoms with Crippen LogP contribution in [-0.2, 0) is 9.53 Å². The van der Waals surface area contributed by atoms with Gasteiger partial charge in [0.25, 0.3) is 0 Å². The topological polar surface area (TPSA) is 35.5 Å². The Labute approximate surface area is 128 Å². The SMILES string of the molecule is O=C(/C=C/c1ccccc1Cl)OCCOc1ccccc1. The van der Waals surface area contributed by atoms with Crippen LogP contribution in [-0.4, -0.2) is 19.2 Å². The predicted molar refractivity (Wildman–Crippen MR) is 83.4 cm³/mol. The van der Waals surface area contributed by atoms with E-state index in [0.717, 1.165) is 11.3 Å². The van der Waals surface area contributed by atoms with Crippen molar-refractivity contribution in [2.45, 2.75) is 0 Å². The second kappa shape index (κ2) is 8.12. The van der Waals surface area contributed by atoms with E-state index in [-0.39, 0.29) is 6.61 Å². The lowest BCUT2D eigenvalue weighted by Crippen LogP contribution is -2.10. The van der Waals surface area contributed by atoms with Crippen molar-refractivity contribution < 1.29 is 14.3 Å². The summed E-state index contributed by atoms with van der Waals surface area (Å²) in [4.78, 5) is 11.5. The fourth-order valence-corrected chi connectivity index (χ4v) is 1.83. The minimum Gasteiger partial charge on any atom is -0.490 e. The third-order valence-electron chi connectivity index (χ3n) is 2.64. The number of esters is 1. The quantitative estimate of drug-likeness (QED) is 0.460. The van der Waals surface area contributed by atoms with Gasteiger partial charge in [-0.05, 0) is 29.8 Å². The lowest BCUT2D eigenvalue weighted by Gasteiger charge is -2.05. The Hall–Kier alpha value is -2.26. The fourth-order valence-electron chi connectivity index (χ4n) is 1.63.